The number of Topliss-reactive ketones (excluding diaryl/α,β-unsaturated/α-hetero) is 1. The van der Waals surface area contributed by atoms with E-state index in [0.717, 1.165) is 6.07 Å². The third-order valence-corrected chi connectivity index (χ3v) is 5.68. The zero-order valence-corrected chi connectivity index (χ0v) is 17.0. The van der Waals surface area contributed by atoms with Crippen molar-refractivity contribution in [2.45, 2.75) is 37.1 Å². The first-order chi connectivity index (χ1) is 15.6. The molecule has 1 aliphatic carbocycles. The van der Waals surface area contributed by atoms with Crippen LogP contribution in [-0.4, -0.2) is 83.9 Å². The Hall–Kier alpha value is -3.35. The zero-order chi connectivity index (χ0) is 24.0. The van der Waals surface area contributed by atoms with Crippen LogP contribution in [-0.2, 0) is 11.2 Å². The van der Waals surface area contributed by atoms with Gasteiger partial charge in [0.1, 0.15) is 35.9 Å². The van der Waals surface area contributed by atoms with E-state index in [1.165, 1.54) is 24.3 Å². The van der Waals surface area contributed by atoms with E-state index in [-0.39, 0.29) is 40.2 Å². The summed E-state index contributed by atoms with van der Waals surface area (Å²) < 4.78 is 10.7. The molecule has 0 spiro atoms. The van der Waals surface area contributed by atoms with Crippen LogP contribution in [0.4, 0.5) is 0 Å². The lowest BCUT2D eigenvalue weighted by Gasteiger charge is -2.39. The number of phenols is 3. The van der Waals surface area contributed by atoms with Crippen LogP contribution in [0.5, 0.6) is 23.0 Å². The van der Waals surface area contributed by atoms with Crippen LogP contribution in [0.2, 0.25) is 0 Å². The number of fused-ring (bicyclic) bond motifs is 1. The number of carbonyl (C=O) groups is 1. The third kappa shape index (κ3) is 3.96. The van der Waals surface area contributed by atoms with Gasteiger partial charge < -0.3 is 50.3 Å². The molecule has 0 bridgehead atoms. The van der Waals surface area contributed by atoms with Crippen LogP contribution < -0.4 is 4.74 Å². The lowest BCUT2D eigenvalue weighted by molar-refractivity contribution is -0.277. The molecule has 176 valence electrons. The number of ether oxygens (including phenoxy) is 2. The van der Waals surface area contributed by atoms with E-state index in [4.69, 9.17) is 9.47 Å². The van der Waals surface area contributed by atoms with E-state index in [1.807, 2.05) is 0 Å². The molecule has 11 heteroatoms. The predicted octanol–water partition coefficient (Wildman–Crippen LogP) is -0.310. The third-order valence-electron chi connectivity index (χ3n) is 5.68. The minimum atomic E-state index is -1.68. The maximum atomic E-state index is 12.6. The van der Waals surface area contributed by atoms with Gasteiger partial charge in [0.2, 0.25) is 12.1 Å². The number of ketones is 1. The molecular formula is C22H22O11. The maximum absolute atomic E-state index is 12.6. The topological polar surface area (TPSA) is 197 Å². The lowest BCUT2D eigenvalue weighted by Crippen LogP contribution is -2.60. The summed E-state index contributed by atoms with van der Waals surface area (Å²) in [7, 11) is 0. The minimum absolute atomic E-state index is 0.0266. The number of aliphatic hydroxyl groups is 5. The molecule has 2 aliphatic rings. The largest absolute Gasteiger partial charge is 0.508 e. The Morgan fingerprint density at radius 3 is 2.33 bits per heavy atom. The number of allylic oxidation sites excluding steroid dienone is 2. The summed E-state index contributed by atoms with van der Waals surface area (Å²) in [5.41, 5.74) is 0.535. The summed E-state index contributed by atoms with van der Waals surface area (Å²) in [5.74, 6) is -2.84. The van der Waals surface area contributed by atoms with Crippen molar-refractivity contribution in [3.05, 3.63) is 52.8 Å². The molecule has 33 heavy (non-hydrogen) atoms. The highest BCUT2D eigenvalue weighted by molar-refractivity contribution is 6.16. The zero-order valence-electron chi connectivity index (χ0n) is 17.0. The monoisotopic (exact) mass is 462 g/mol. The Morgan fingerprint density at radius 2 is 1.67 bits per heavy atom. The molecule has 1 heterocycles. The van der Waals surface area contributed by atoms with Gasteiger partial charge in [0.15, 0.2) is 17.3 Å². The molecule has 0 radical (unpaired) electrons. The number of aromatic hydroxyl groups is 3. The van der Waals surface area contributed by atoms with Gasteiger partial charge in [-0.05, 0) is 29.3 Å². The van der Waals surface area contributed by atoms with E-state index < -0.39 is 60.4 Å². The fraction of sp³-hybridized carbons (Fsp3) is 0.318. The van der Waals surface area contributed by atoms with Crippen molar-refractivity contribution in [2.24, 2.45) is 0 Å². The number of carbonyl (C=O) groups excluding carboxylic acids is 1. The molecule has 5 unspecified atom stereocenters. The Kier molecular flexibility index (Phi) is 5.91. The lowest BCUT2D eigenvalue weighted by atomic mass is 9.85. The Balaban J connectivity index is 1.61. The molecule has 1 fully saturated rings. The van der Waals surface area contributed by atoms with E-state index in [2.05, 4.69) is 0 Å². The maximum Gasteiger partial charge on any atom is 0.231 e. The summed E-state index contributed by atoms with van der Waals surface area (Å²) in [6.07, 6.45) is -7.65. The Bertz CT molecular complexity index is 1120. The second-order valence-electron chi connectivity index (χ2n) is 7.83. The number of rotatable bonds is 4. The number of hydrogen-bond donors (Lipinski definition) is 8. The van der Waals surface area contributed by atoms with E-state index >= 15 is 0 Å². The van der Waals surface area contributed by atoms with Gasteiger partial charge in [-0.3, -0.25) is 4.79 Å². The highest BCUT2D eigenvalue weighted by Crippen LogP contribution is 2.40. The second kappa shape index (κ2) is 8.54. The molecule has 11 nitrogen and oxygen atoms in total. The molecule has 0 saturated carbocycles. The predicted molar refractivity (Wildman–Crippen MR) is 110 cm³/mol. The number of benzene rings is 2. The molecule has 0 amide bonds. The Labute approximate surface area is 186 Å². The van der Waals surface area contributed by atoms with Crippen LogP contribution in [0.3, 0.4) is 0 Å². The molecular weight excluding hydrogens is 440 g/mol. The van der Waals surface area contributed by atoms with Gasteiger partial charge in [-0.1, -0.05) is 6.07 Å². The highest BCUT2D eigenvalue weighted by Gasteiger charge is 2.45. The summed E-state index contributed by atoms with van der Waals surface area (Å²) in [6.45, 7) is -0.649. The molecule has 2 aromatic carbocycles. The van der Waals surface area contributed by atoms with Crippen molar-refractivity contribution in [3.8, 4) is 23.0 Å². The molecule has 1 saturated heterocycles. The van der Waals surface area contributed by atoms with Gasteiger partial charge in [0.05, 0.1) is 12.2 Å². The van der Waals surface area contributed by atoms with Crippen molar-refractivity contribution < 1.29 is 55.1 Å². The second-order valence-corrected chi connectivity index (χ2v) is 7.83. The van der Waals surface area contributed by atoms with Crippen LogP contribution in [0.15, 0.2) is 36.1 Å². The SMILES string of the molecule is O=C1C(O)=C(c2ccc(OC3OC(CO)C(O)C(O)C3O)c(O)c2)Cc2cc(O)cc(O)c21. The smallest absolute Gasteiger partial charge is 0.231 e. The summed E-state index contributed by atoms with van der Waals surface area (Å²) >= 11 is 0. The first kappa shape index (κ1) is 22.8. The molecule has 4 rings (SSSR count). The normalized spacial score (nSPS) is 27.4. The van der Waals surface area contributed by atoms with Crippen LogP contribution in [0.25, 0.3) is 5.57 Å². The van der Waals surface area contributed by atoms with Crippen LogP contribution in [0.1, 0.15) is 21.5 Å². The molecule has 2 aromatic rings. The molecule has 5 atom stereocenters. The fourth-order valence-corrected chi connectivity index (χ4v) is 3.93. The number of aliphatic hydroxyl groups excluding tert-OH is 5. The van der Waals surface area contributed by atoms with Crippen molar-refractivity contribution in [1.82, 2.24) is 0 Å². The van der Waals surface area contributed by atoms with Gasteiger partial charge in [0.25, 0.3) is 0 Å². The van der Waals surface area contributed by atoms with Crippen molar-refractivity contribution in [2.75, 3.05) is 6.61 Å². The van der Waals surface area contributed by atoms with Gasteiger partial charge in [-0.25, -0.2) is 0 Å². The number of hydrogen-bond acceptors (Lipinski definition) is 11. The van der Waals surface area contributed by atoms with Crippen molar-refractivity contribution in [3.63, 3.8) is 0 Å². The Morgan fingerprint density at radius 1 is 0.939 bits per heavy atom. The molecule has 1 aliphatic heterocycles. The quantitative estimate of drug-likeness (QED) is 0.297. The fourth-order valence-electron chi connectivity index (χ4n) is 3.93. The van der Waals surface area contributed by atoms with Crippen molar-refractivity contribution >= 4 is 11.4 Å². The van der Waals surface area contributed by atoms with Gasteiger partial charge in [-0.15, -0.1) is 0 Å². The highest BCUT2D eigenvalue weighted by atomic mass is 16.7. The first-order valence-electron chi connectivity index (χ1n) is 9.94. The summed E-state index contributed by atoms with van der Waals surface area (Å²) in [5, 5.41) is 79.6. The molecule has 0 aromatic heterocycles. The van der Waals surface area contributed by atoms with Gasteiger partial charge in [0, 0.05) is 18.1 Å². The van der Waals surface area contributed by atoms with E-state index in [9.17, 15) is 45.6 Å². The first-order valence-corrected chi connectivity index (χ1v) is 9.94. The molecule has 8 N–H and O–H groups in total. The van der Waals surface area contributed by atoms with Crippen LogP contribution >= 0.6 is 0 Å². The van der Waals surface area contributed by atoms with Gasteiger partial charge in [-0.2, -0.15) is 0 Å². The van der Waals surface area contributed by atoms with Crippen molar-refractivity contribution in [1.29, 1.82) is 0 Å². The van der Waals surface area contributed by atoms with Gasteiger partial charge >= 0.3 is 0 Å². The van der Waals surface area contributed by atoms with Crippen LogP contribution in [0, 0.1) is 0 Å². The summed E-state index contributed by atoms with van der Waals surface area (Å²) in [4.78, 5) is 12.6. The minimum Gasteiger partial charge on any atom is -0.508 e. The standard InChI is InChI=1S/C22H22O11/c23-7-15-18(28)20(30)21(31)22(33-15)32-14-2-1-8(5-12(14)25)11-4-9-3-10(24)6-13(26)16(9)19(29)17(11)27/h1-3,5-6,15,18,20-28,30-31H,4,7H2. The van der Waals surface area contributed by atoms with E-state index in [1.54, 1.807) is 0 Å². The average molecular weight is 462 g/mol. The van der Waals surface area contributed by atoms with E-state index in [0.29, 0.717) is 0 Å². The number of phenolic OH excluding ortho intramolecular Hbond substituents is 3. The average Bonchev–Trinajstić information content (AvgIpc) is 2.77. The summed E-state index contributed by atoms with van der Waals surface area (Å²) in [6, 6.07) is 6.14.